The first kappa shape index (κ1) is 22.4. The lowest BCUT2D eigenvalue weighted by molar-refractivity contribution is -0.132. The molecule has 8 heteroatoms. The van der Waals surface area contributed by atoms with Crippen molar-refractivity contribution >= 4 is 41.7 Å². The molecule has 0 saturated carbocycles. The van der Waals surface area contributed by atoms with Crippen LogP contribution in [-0.4, -0.2) is 37.0 Å². The molecule has 0 spiro atoms. The van der Waals surface area contributed by atoms with E-state index in [-0.39, 0.29) is 35.8 Å². The van der Waals surface area contributed by atoms with Crippen LogP contribution in [0.15, 0.2) is 40.2 Å². The van der Waals surface area contributed by atoms with Crippen molar-refractivity contribution in [1.82, 2.24) is 10.6 Å². The number of nitrogens with zero attached hydrogens (tertiary/aromatic N) is 1. The molecule has 1 aromatic carbocycles. The Morgan fingerprint density at radius 3 is 2.43 bits per heavy atom. The summed E-state index contributed by atoms with van der Waals surface area (Å²) in [6.07, 6.45) is -5.02. The van der Waals surface area contributed by atoms with Gasteiger partial charge >= 0.3 is 6.18 Å². The quantitative estimate of drug-likeness (QED) is 0.275. The average molecular weight is 461 g/mol. The van der Waals surface area contributed by atoms with Gasteiger partial charge in [0.1, 0.15) is 0 Å². The topological polar surface area (TPSA) is 36.4 Å². The normalized spacial score (nSPS) is 13.2. The summed E-state index contributed by atoms with van der Waals surface area (Å²) >= 11 is 1.69. The Bertz CT molecular complexity index is 455. The van der Waals surface area contributed by atoms with Crippen LogP contribution in [0.2, 0.25) is 0 Å². The maximum absolute atomic E-state index is 12.1. The van der Waals surface area contributed by atoms with Crippen LogP contribution < -0.4 is 10.6 Å². The first-order chi connectivity index (χ1) is 10.4. The Balaban J connectivity index is 0.00000484. The molecule has 0 fully saturated rings. The van der Waals surface area contributed by atoms with Crippen molar-refractivity contribution in [3.63, 3.8) is 0 Å². The Morgan fingerprint density at radius 1 is 1.22 bits per heavy atom. The van der Waals surface area contributed by atoms with Crippen LogP contribution in [0.1, 0.15) is 20.3 Å². The summed E-state index contributed by atoms with van der Waals surface area (Å²) in [5.74, 6) is 0.423. The Hall–Kier alpha value is -0.640. The van der Waals surface area contributed by atoms with Crippen LogP contribution in [0.25, 0.3) is 0 Å². The van der Waals surface area contributed by atoms with E-state index in [0.717, 1.165) is 4.90 Å². The van der Waals surface area contributed by atoms with Gasteiger partial charge in [-0.1, -0.05) is 25.1 Å². The zero-order valence-electron chi connectivity index (χ0n) is 13.2. The van der Waals surface area contributed by atoms with Crippen molar-refractivity contribution in [2.75, 3.05) is 19.6 Å². The van der Waals surface area contributed by atoms with E-state index in [1.807, 2.05) is 44.2 Å². The van der Waals surface area contributed by atoms with Crippen molar-refractivity contribution in [3.8, 4) is 0 Å². The monoisotopic (exact) mass is 461 g/mol. The third-order valence-electron chi connectivity index (χ3n) is 2.63. The smallest absolute Gasteiger partial charge is 0.357 e. The van der Waals surface area contributed by atoms with Gasteiger partial charge in [-0.15, -0.1) is 35.7 Å². The van der Waals surface area contributed by atoms with Gasteiger partial charge < -0.3 is 10.6 Å². The lowest BCUT2D eigenvalue weighted by atomic mass is 10.4. The molecular formula is C15H23F3IN3S. The van der Waals surface area contributed by atoms with Crippen LogP contribution in [0.5, 0.6) is 0 Å². The molecule has 0 saturated heterocycles. The maximum Gasteiger partial charge on any atom is 0.390 e. The first-order valence-corrected chi connectivity index (χ1v) is 8.09. The highest BCUT2D eigenvalue weighted by molar-refractivity contribution is 14.0. The largest absolute Gasteiger partial charge is 0.390 e. The number of hydrogen-bond donors (Lipinski definition) is 2. The fraction of sp³-hybridized carbons (Fsp3) is 0.533. The van der Waals surface area contributed by atoms with Gasteiger partial charge in [-0.2, -0.15) is 13.2 Å². The van der Waals surface area contributed by atoms with Crippen LogP contribution in [0, 0.1) is 0 Å². The minimum atomic E-state index is -4.15. The molecule has 0 aliphatic carbocycles. The second-order valence-corrected chi connectivity index (χ2v) is 6.26. The average Bonchev–Trinajstić information content (AvgIpc) is 2.44. The molecule has 23 heavy (non-hydrogen) atoms. The predicted octanol–water partition coefficient (Wildman–Crippen LogP) is 4.29. The molecule has 1 atom stereocenters. The summed E-state index contributed by atoms with van der Waals surface area (Å²) in [5, 5.41) is 5.89. The van der Waals surface area contributed by atoms with Crippen LogP contribution >= 0.6 is 35.7 Å². The molecule has 0 aliphatic rings. The van der Waals surface area contributed by atoms with E-state index < -0.39 is 12.6 Å². The maximum atomic E-state index is 12.1. The molecule has 2 N–H and O–H groups in total. The third kappa shape index (κ3) is 11.5. The van der Waals surface area contributed by atoms with Gasteiger partial charge in [0.05, 0.1) is 13.0 Å². The zero-order valence-corrected chi connectivity index (χ0v) is 16.3. The highest BCUT2D eigenvalue weighted by Crippen LogP contribution is 2.22. The summed E-state index contributed by atoms with van der Waals surface area (Å²) < 4.78 is 36.4. The lowest BCUT2D eigenvalue weighted by Gasteiger charge is -2.14. The van der Waals surface area contributed by atoms with Crippen molar-refractivity contribution in [2.24, 2.45) is 4.99 Å². The standard InChI is InChI=1S/C15H22F3N3S.HI/c1-3-19-14(20-10-9-15(16,17)18)21-11-12(2)22-13-7-5-4-6-8-13;/h4-8,12H,3,9-11H2,1-2H3,(H2,19,20,21);1H. The SMILES string of the molecule is CCNC(=NCC(C)Sc1ccccc1)NCCC(F)(F)F.I. The molecular weight excluding hydrogens is 438 g/mol. The highest BCUT2D eigenvalue weighted by atomic mass is 127. The van der Waals surface area contributed by atoms with E-state index in [4.69, 9.17) is 0 Å². The van der Waals surface area contributed by atoms with E-state index in [1.165, 1.54) is 0 Å². The minimum Gasteiger partial charge on any atom is -0.357 e. The second kappa shape index (κ2) is 11.8. The van der Waals surface area contributed by atoms with Crippen molar-refractivity contribution in [2.45, 2.75) is 36.6 Å². The third-order valence-corrected chi connectivity index (χ3v) is 3.73. The molecule has 1 rings (SSSR count). The van der Waals surface area contributed by atoms with Crippen molar-refractivity contribution in [3.05, 3.63) is 30.3 Å². The Morgan fingerprint density at radius 2 is 1.87 bits per heavy atom. The van der Waals surface area contributed by atoms with Gasteiger partial charge in [0, 0.05) is 23.2 Å². The summed E-state index contributed by atoms with van der Waals surface area (Å²) in [5.41, 5.74) is 0. The number of thioether (sulfide) groups is 1. The number of alkyl halides is 3. The lowest BCUT2D eigenvalue weighted by Crippen LogP contribution is -2.39. The number of hydrogen-bond acceptors (Lipinski definition) is 2. The molecule has 0 heterocycles. The molecule has 1 unspecified atom stereocenters. The fourth-order valence-electron chi connectivity index (χ4n) is 1.65. The van der Waals surface area contributed by atoms with E-state index in [0.29, 0.717) is 19.0 Å². The first-order valence-electron chi connectivity index (χ1n) is 7.21. The molecule has 1 aromatic rings. The molecule has 3 nitrogen and oxygen atoms in total. The minimum absolute atomic E-state index is 0. The summed E-state index contributed by atoms with van der Waals surface area (Å²) in [7, 11) is 0. The molecule has 0 aromatic heterocycles. The zero-order chi connectivity index (χ0) is 16.4. The van der Waals surface area contributed by atoms with Gasteiger partial charge in [0.15, 0.2) is 5.96 Å². The number of benzene rings is 1. The van der Waals surface area contributed by atoms with Crippen molar-refractivity contribution in [1.29, 1.82) is 0 Å². The molecule has 0 aliphatic heterocycles. The number of aliphatic imine (C=N–C) groups is 1. The Labute approximate surface area is 156 Å². The number of halogens is 4. The van der Waals surface area contributed by atoms with Crippen LogP contribution in [-0.2, 0) is 0 Å². The number of rotatable bonds is 7. The van der Waals surface area contributed by atoms with Crippen molar-refractivity contribution < 1.29 is 13.2 Å². The molecule has 0 radical (unpaired) electrons. The molecule has 132 valence electrons. The molecule has 0 amide bonds. The van der Waals surface area contributed by atoms with Crippen LogP contribution in [0.4, 0.5) is 13.2 Å². The van der Waals surface area contributed by atoms with Crippen LogP contribution in [0.3, 0.4) is 0 Å². The van der Waals surface area contributed by atoms with Gasteiger partial charge in [0.25, 0.3) is 0 Å². The van der Waals surface area contributed by atoms with Gasteiger partial charge in [-0.25, -0.2) is 0 Å². The predicted molar refractivity (Wildman–Crippen MR) is 102 cm³/mol. The number of nitrogens with one attached hydrogen (secondary N) is 2. The Kier molecular flexibility index (Phi) is 11.5. The summed E-state index contributed by atoms with van der Waals surface area (Å²) in [4.78, 5) is 5.49. The summed E-state index contributed by atoms with van der Waals surface area (Å²) in [6.45, 7) is 4.89. The van der Waals surface area contributed by atoms with Gasteiger partial charge in [0.2, 0.25) is 0 Å². The molecule has 0 bridgehead atoms. The van der Waals surface area contributed by atoms with E-state index in [2.05, 4.69) is 15.6 Å². The van der Waals surface area contributed by atoms with E-state index in [1.54, 1.807) is 11.8 Å². The summed E-state index contributed by atoms with van der Waals surface area (Å²) in [6, 6.07) is 9.96. The van der Waals surface area contributed by atoms with Gasteiger partial charge in [-0.05, 0) is 19.1 Å². The van der Waals surface area contributed by atoms with Gasteiger partial charge in [-0.3, -0.25) is 4.99 Å². The highest BCUT2D eigenvalue weighted by Gasteiger charge is 2.26. The second-order valence-electron chi connectivity index (χ2n) is 4.75. The fourth-order valence-corrected chi connectivity index (χ4v) is 2.58. The number of guanidine groups is 1. The van der Waals surface area contributed by atoms with E-state index >= 15 is 0 Å². The van der Waals surface area contributed by atoms with E-state index in [9.17, 15) is 13.2 Å².